The maximum atomic E-state index is 11.2. The molecule has 0 spiro atoms. The number of aliphatic carboxylic acids is 1. The third kappa shape index (κ3) is 3.11. The van der Waals surface area contributed by atoms with Crippen molar-refractivity contribution in [2.45, 2.75) is 25.4 Å². The zero-order valence-electron chi connectivity index (χ0n) is 11.8. The first kappa shape index (κ1) is 13.8. The van der Waals surface area contributed by atoms with E-state index in [1.54, 1.807) is 6.20 Å². The summed E-state index contributed by atoms with van der Waals surface area (Å²) in [6.45, 7) is 1.53. The van der Waals surface area contributed by atoms with E-state index in [0.717, 1.165) is 36.2 Å². The van der Waals surface area contributed by atoms with Crippen LogP contribution in [0.2, 0.25) is 0 Å². The van der Waals surface area contributed by atoms with Gasteiger partial charge in [-0.05, 0) is 43.1 Å². The Bertz CT molecular complexity index is 628. The molecular weight excluding hydrogens is 264 g/mol. The minimum Gasteiger partial charge on any atom is -0.480 e. The highest BCUT2D eigenvalue weighted by Gasteiger charge is 2.30. The molecule has 1 atom stereocenters. The third-order valence-electron chi connectivity index (χ3n) is 3.92. The summed E-state index contributed by atoms with van der Waals surface area (Å²) in [6.07, 6.45) is 3.48. The number of carboxylic acid groups (broad SMARTS) is 1. The minimum atomic E-state index is -0.714. The largest absolute Gasteiger partial charge is 0.480 e. The normalized spacial score (nSPS) is 18.8. The van der Waals surface area contributed by atoms with Crippen molar-refractivity contribution in [3.63, 3.8) is 0 Å². The van der Waals surface area contributed by atoms with Crippen molar-refractivity contribution in [1.29, 1.82) is 0 Å². The second kappa shape index (κ2) is 6.06. The summed E-state index contributed by atoms with van der Waals surface area (Å²) >= 11 is 0. The maximum Gasteiger partial charge on any atom is 0.320 e. The number of hydrogen-bond donors (Lipinski definition) is 1. The number of carbonyl (C=O) groups is 1. The zero-order valence-corrected chi connectivity index (χ0v) is 11.8. The lowest BCUT2D eigenvalue weighted by molar-refractivity contribution is -0.142. The molecule has 1 aliphatic heterocycles. The number of carboxylic acids is 1. The highest BCUT2D eigenvalue weighted by molar-refractivity contribution is 5.73. The van der Waals surface area contributed by atoms with E-state index in [1.807, 2.05) is 41.3 Å². The summed E-state index contributed by atoms with van der Waals surface area (Å²) in [5, 5.41) is 9.24. The van der Waals surface area contributed by atoms with Crippen LogP contribution in [-0.2, 0) is 11.3 Å². The SMILES string of the molecule is O=C(O)[C@H]1CCCN1Cc1cccc(-c2ccccn2)c1. The van der Waals surface area contributed by atoms with Crippen LogP contribution in [0.1, 0.15) is 18.4 Å². The lowest BCUT2D eigenvalue weighted by Gasteiger charge is -2.21. The molecule has 0 aliphatic carbocycles. The first-order valence-electron chi connectivity index (χ1n) is 7.21. The van der Waals surface area contributed by atoms with Crippen molar-refractivity contribution in [2.75, 3.05) is 6.54 Å². The van der Waals surface area contributed by atoms with E-state index in [1.165, 1.54) is 0 Å². The van der Waals surface area contributed by atoms with Crippen LogP contribution in [0.15, 0.2) is 48.7 Å². The Morgan fingerprint density at radius 2 is 2.19 bits per heavy atom. The summed E-state index contributed by atoms with van der Waals surface area (Å²) in [5.41, 5.74) is 3.14. The molecule has 3 rings (SSSR count). The van der Waals surface area contributed by atoms with Gasteiger partial charge >= 0.3 is 5.97 Å². The summed E-state index contributed by atoms with van der Waals surface area (Å²) in [4.78, 5) is 17.6. The van der Waals surface area contributed by atoms with E-state index in [2.05, 4.69) is 11.1 Å². The van der Waals surface area contributed by atoms with Crippen LogP contribution in [0.3, 0.4) is 0 Å². The molecule has 0 saturated carbocycles. The Balaban J connectivity index is 1.79. The molecule has 108 valence electrons. The van der Waals surface area contributed by atoms with Crippen molar-refractivity contribution in [3.05, 3.63) is 54.2 Å². The Hall–Kier alpha value is -2.20. The quantitative estimate of drug-likeness (QED) is 0.937. The number of nitrogens with zero attached hydrogens (tertiary/aromatic N) is 2. The molecule has 0 radical (unpaired) electrons. The van der Waals surface area contributed by atoms with Gasteiger partial charge in [-0.25, -0.2) is 0 Å². The fourth-order valence-electron chi connectivity index (χ4n) is 2.89. The van der Waals surface area contributed by atoms with E-state index in [-0.39, 0.29) is 6.04 Å². The molecule has 1 N–H and O–H groups in total. The summed E-state index contributed by atoms with van der Waals surface area (Å²) < 4.78 is 0. The molecule has 2 aromatic rings. The predicted octanol–water partition coefficient (Wildman–Crippen LogP) is 2.80. The summed E-state index contributed by atoms with van der Waals surface area (Å²) in [5.74, 6) is -0.714. The van der Waals surface area contributed by atoms with Crippen LogP contribution in [0.25, 0.3) is 11.3 Å². The number of pyridine rings is 1. The van der Waals surface area contributed by atoms with Gasteiger partial charge in [0.2, 0.25) is 0 Å². The summed E-state index contributed by atoms with van der Waals surface area (Å²) in [6, 6.07) is 13.7. The van der Waals surface area contributed by atoms with Crippen LogP contribution < -0.4 is 0 Å². The first-order valence-corrected chi connectivity index (χ1v) is 7.21. The number of benzene rings is 1. The Labute approximate surface area is 124 Å². The molecule has 1 aliphatic rings. The maximum absolute atomic E-state index is 11.2. The van der Waals surface area contributed by atoms with Gasteiger partial charge in [0.05, 0.1) is 5.69 Å². The topological polar surface area (TPSA) is 53.4 Å². The van der Waals surface area contributed by atoms with Gasteiger partial charge in [0, 0.05) is 18.3 Å². The van der Waals surface area contributed by atoms with Gasteiger partial charge in [0.25, 0.3) is 0 Å². The Kier molecular flexibility index (Phi) is 3.97. The average molecular weight is 282 g/mol. The van der Waals surface area contributed by atoms with Crippen LogP contribution in [0.5, 0.6) is 0 Å². The molecule has 0 amide bonds. The third-order valence-corrected chi connectivity index (χ3v) is 3.92. The van der Waals surface area contributed by atoms with Gasteiger partial charge < -0.3 is 5.11 Å². The molecule has 1 fully saturated rings. The standard InChI is InChI=1S/C17H18N2O2/c20-17(21)16-8-4-10-19(16)12-13-5-3-6-14(11-13)15-7-1-2-9-18-15/h1-3,5-7,9,11,16H,4,8,10,12H2,(H,20,21)/t16-/m1/s1. The average Bonchev–Trinajstić information content (AvgIpc) is 2.97. The van der Waals surface area contributed by atoms with Gasteiger partial charge in [-0.3, -0.25) is 14.7 Å². The lowest BCUT2D eigenvalue weighted by Crippen LogP contribution is -2.35. The Morgan fingerprint density at radius 1 is 1.29 bits per heavy atom. The van der Waals surface area contributed by atoms with Crippen molar-refractivity contribution < 1.29 is 9.90 Å². The van der Waals surface area contributed by atoms with Gasteiger partial charge in [-0.15, -0.1) is 0 Å². The van der Waals surface area contributed by atoms with Crippen LogP contribution >= 0.6 is 0 Å². The van der Waals surface area contributed by atoms with Gasteiger partial charge in [0.1, 0.15) is 6.04 Å². The number of likely N-dealkylation sites (tertiary alicyclic amines) is 1. The van der Waals surface area contributed by atoms with E-state index in [9.17, 15) is 9.90 Å². The van der Waals surface area contributed by atoms with Crippen LogP contribution in [-0.4, -0.2) is 33.5 Å². The highest BCUT2D eigenvalue weighted by Crippen LogP contribution is 2.23. The summed E-state index contributed by atoms with van der Waals surface area (Å²) in [7, 11) is 0. The molecule has 0 unspecified atom stereocenters. The first-order chi connectivity index (χ1) is 10.2. The molecule has 21 heavy (non-hydrogen) atoms. The minimum absolute atomic E-state index is 0.344. The van der Waals surface area contributed by atoms with Gasteiger partial charge in [-0.1, -0.05) is 24.3 Å². The van der Waals surface area contributed by atoms with Gasteiger partial charge in [0.15, 0.2) is 0 Å². The van der Waals surface area contributed by atoms with E-state index < -0.39 is 5.97 Å². The van der Waals surface area contributed by atoms with Crippen LogP contribution in [0, 0.1) is 0 Å². The highest BCUT2D eigenvalue weighted by atomic mass is 16.4. The monoisotopic (exact) mass is 282 g/mol. The van der Waals surface area contributed by atoms with E-state index in [0.29, 0.717) is 6.54 Å². The molecule has 4 heteroatoms. The second-order valence-corrected chi connectivity index (χ2v) is 5.38. The van der Waals surface area contributed by atoms with Crippen LogP contribution in [0.4, 0.5) is 0 Å². The molecule has 4 nitrogen and oxygen atoms in total. The van der Waals surface area contributed by atoms with Crippen molar-refractivity contribution in [2.24, 2.45) is 0 Å². The second-order valence-electron chi connectivity index (χ2n) is 5.38. The number of rotatable bonds is 4. The zero-order chi connectivity index (χ0) is 14.7. The smallest absolute Gasteiger partial charge is 0.320 e. The van der Waals surface area contributed by atoms with Gasteiger partial charge in [-0.2, -0.15) is 0 Å². The molecule has 0 bridgehead atoms. The molecule has 2 heterocycles. The van der Waals surface area contributed by atoms with Crippen molar-refractivity contribution >= 4 is 5.97 Å². The molecular formula is C17H18N2O2. The van der Waals surface area contributed by atoms with E-state index >= 15 is 0 Å². The molecule has 1 saturated heterocycles. The fourth-order valence-corrected chi connectivity index (χ4v) is 2.89. The van der Waals surface area contributed by atoms with E-state index in [4.69, 9.17) is 0 Å². The predicted molar refractivity (Wildman–Crippen MR) is 80.7 cm³/mol. The fraction of sp³-hybridized carbons (Fsp3) is 0.294. The van der Waals surface area contributed by atoms with Crippen molar-refractivity contribution in [3.8, 4) is 11.3 Å². The van der Waals surface area contributed by atoms with Crippen molar-refractivity contribution in [1.82, 2.24) is 9.88 Å². The molecule has 1 aromatic heterocycles. The Morgan fingerprint density at radius 3 is 2.95 bits per heavy atom. The number of hydrogen-bond acceptors (Lipinski definition) is 3. The molecule has 1 aromatic carbocycles. The lowest BCUT2D eigenvalue weighted by atomic mass is 10.1. The number of aromatic nitrogens is 1.